The second-order valence-corrected chi connectivity index (χ2v) is 6.00. The Morgan fingerprint density at radius 1 is 1.24 bits per heavy atom. The predicted octanol–water partition coefficient (Wildman–Crippen LogP) is 3.38. The number of Topliss-reactive ketones (excluding diaryl/α,β-unsaturated/α-hetero) is 1. The molecule has 2 rings (SSSR count). The molecule has 1 aliphatic carbocycles. The molecule has 0 saturated heterocycles. The molecular weight excluding hydrogens is 286 g/mol. The first-order valence-corrected chi connectivity index (χ1v) is 7.16. The summed E-state index contributed by atoms with van der Waals surface area (Å²) < 4.78 is 0. The van der Waals surface area contributed by atoms with Gasteiger partial charge in [0.2, 0.25) is 0 Å². The van der Waals surface area contributed by atoms with Crippen LogP contribution in [-0.4, -0.2) is 16.7 Å². The van der Waals surface area contributed by atoms with Gasteiger partial charge in [-0.2, -0.15) is 0 Å². The summed E-state index contributed by atoms with van der Waals surface area (Å²) in [7, 11) is 0. The van der Waals surface area contributed by atoms with Crippen LogP contribution in [0.5, 0.6) is 0 Å². The first-order valence-electron chi connectivity index (χ1n) is 6.78. The van der Waals surface area contributed by atoms with Crippen molar-refractivity contribution in [2.24, 2.45) is 5.92 Å². The quantitative estimate of drug-likeness (QED) is 0.687. The molecule has 0 spiro atoms. The Kier molecular flexibility index (Phi) is 4.33. The van der Waals surface area contributed by atoms with Gasteiger partial charge < -0.3 is 5.32 Å². The summed E-state index contributed by atoms with van der Waals surface area (Å²) in [4.78, 5) is 23.0. The summed E-state index contributed by atoms with van der Waals surface area (Å²) in [5, 5.41) is 2.79. The number of halogens is 1. The van der Waals surface area contributed by atoms with Crippen LogP contribution in [0.3, 0.4) is 0 Å². The number of allylic oxidation sites excluding steroid dienone is 2. The van der Waals surface area contributed by atoms with Crippen molar-refractivity contribution >= 4 is 23.3 Å². The van der Waals surface area contributed by atoms with E-state index < -0.39 is 10.9 Å². The third-order valence-corrected chi connectivity index (χ3v) is 4.01. The van der Waals surface area contributed by atoms with E-state index in [-0.39, 0.29) is 11.7 Å². The lowest BCUT2D eigenvalue weighted by Gasteiger charge is -2.33. The normalized spacial score (nSPS) is 24.4. The summed E-state index contributed by atoms with van der Waals surface area (Å²) in [6.45, 7) is 5.21. The van der Waals surface area contributed by atoms with Crippen LogP contribution in [0.25, 0.3) is 0 Å². The molecule has 21 heavy (non-hydrogen) atoms. The van der Waals surface area contributed by atoms with Crippen LogP contribution >= 0.6 is 11.6 Å². The maximum atomic E-state index is 12.5. The van der Waals surface area contributed by atoms with Crippen molar-refractivity contribution in [3.8, 4) is 0 Å². The summed E-state index contributed by atoms with van der Waals surface area (Å²) in [5.74, 6) is -0.945. The number of nitrogens with one attached hydrogen (secondary N) is 1. The molecule has 0 radical (unpaired) electrons. The SMILES string of the molecule is CC(=O)C1C=CC(C)=CC1(Cl)NC(=O)c1ccccc1C. The van der Waals surface area contributed by atoms with Crippen LogP contribution in [0, 0.1) is 12.8 Å². The van der Waals surface area contributed by atoms with Gasteiger partial charge in [-0.25, -0.2) is 0 Å². The molecule has 0 heterocycles. The van der Waals surface area contributed by atoms with E-state index in [0.29, 0.717) is 5.56 Å². The monoisotopic (exact) mass is 303 g/mol. The van der Waals surface area contributed by atoms with E-state index in [1.807, 2.05) is 32.1 Å². The molecule has 2 atom stereocenters. The van der Waals surface area contributed by atoms with Crippen molar-refractivity contribution in [2.75, 3.05) is 0 Å². The molecular formula is C17H18ClNO2. The molecule has 110 valence electrons. The highest BCUT2D eigenvalue weighted by atomic mass is 35.5. The van der Waals surface area contributed by atoms with Gasteiger partial charge in [-0.3, -0.25) is 9.59 Å². The molecule has 1 amide bonds. The molecule has 0 fully saturated rings. The van der Waals surface area contributed by atoms with Crippen molar-refractivity contribution in [1.82, 2.24) is 5.32 Å². The van der Waals surface area contributed by atoms with E-state index in [9.17, 15) is 9.59 Å². The average Bonchev–Trinajstić information content (AvgIpc) is 2.37. The number of aryl methyl sites for hydroxylation is 1. The van der Waals surface area contributed by atoms with Gasteiger partial charge >= 0.3 is 0 Å². The Hall–Kier alpha value is -1.87. The lowest BCUT2D eigenvalue weighted by atomic mass is 9.88. The van der Waals surface area contributed by atoms with E-state index >= 15 is 0 Å². The third-order valence-electron chi connectivity index (χ3n) is 3.57. The van der Waals surface area contributed by atoms with Gasteiger partial charge in [-0.1, -0.05) is 47.5 Å². The number of hydrogen-bond acceptors (Lipinski definition) is 2. The number of amides is 1. The van der Waals surface area contributed by atoms with E-state index in [1.54, 1.807) is 24.3 Å². The van der Waals surface area contributed by atoms with Crippen molar-refractivity contribution in [3.05, 3.63) is 59.2 Å². The molecule has 1 aromatic rings. The van der Waals surface area contributed by atoms with E-state index in [2.05, 4.69) is 5.32 Å². The Bertz CT molecular complexity index is 648. The molecule has 4 heteroatoms. The van der Waals surface area contributed by atoms with Gasteiger partial charge in [0.05, 0.1) is 5.92 Å². The predicted molar refractivity (Wildman–Crippen MR) is 84.3 cm³/mol. The van der Waals surface area contributed by atoms with Gasteiger partial charge in [-0.05, 0) is 38.5 Å². The van der Waals surface area contributed by atoms with Crippen LogP contribution in [-0.2, 0) is 4.79 Å². The van der Waals surface area contributed by atoms with Crippen molar-refractivity contribution in [1.29, 1.82) is 0 Å². The number of alkyl halides is 1. The van der Waals surface area contributed by atoms with Crippen LogP contribution in [0.2, 0.25) is 0 Å². The molecule has 0 aromatic heterocycles. The van der Waals surface area contributed by atoms with Gasteiger partial charge in [0, 0.05) is 5.56 Å². The minimum absolute atomic E-state index is 0.0879. The molecule has 1 aliphatic rings. The Labute approximate surface area is 129 Å². The van der Waals surface area contributed by atoms with Crippen molar-refractivity contribution in [3.63, 3.8) is 0 Å². The zero-order chi connectivity index (χ0) is 15.6. The highest BCUT2D eigenvalue weighted by Gasteiger charge is 2.39. The largest absolute Gasteiger partial charge is 0.329 e. The van der Waals surface area contributed by atoms with Gasteiger partial charge in [0.1, 0.15) is 10.8 Å². The zero-order valence-corrected chi connectivity index (χ0v) is 13.1. The number of rotatable bonds is 3. The highest BCUT2D eigenvalue weighted by Crippen LogP contribution is 2.32. The van der Waals surface area contributed by atoms with Crippen LogP contribution in [0.4, 0.5) is 0 Å². The number of carbonyl (C=O) groups is 2. The van der Waals surface area contributed by atoms with Gasteiger partial charge in [0.15, 0.2) is 0 Å². The summed E-state index contributed by atoms with van der Waals surface area (Å²) in [5.41, 5.74) is 2.33. The van der Waals surface area contributed by atoms with Crippen LogP contribution in [0.15, 0.2) is 48.1 Å². The lowest BCUT2D eigenvalue weighted by Crippen LogP contribution is -2.50. The first kappa shape index (κ1) is 15.5. The number of benzene rings is 1. The zero-order valence-electron chi connectivity index (χ0n) is 12.3. The molecule has 2 unspecified atom stereocenters. The maximum Gasteiger partial charge on any atom is 0.253 e. The van der Waals surface area contributed by atoms with Gasteiger partial charge in [-0.15, -0.1) is 0 Å². The van der Waals surface area contributed by atoms with E-state index in [4.69, 9.17) is 11.6 Å². The van der Waals surface area contributed by atoms with Gasteiger partial charge in [0.25, 0.3) is 5.91 Å². The second-order valence-electron chi connectivity index (χ2n) is 5.37. The Morgan fingerprint density at radius 2 is 1.90 bits per heavy atom. The Balaban J connectivity index is 2.31. The minimum atomic E-state index is -1.22. The molecule has 0 bridgehead atoms. The molecule has 1 aromatic carbocycles. The third kappa shape index (κ3) is 3.24. The number of ketones is 1. The second kappa shape index (κ2) is 5.86. The Morgan fingerprint density at radius 3 is 2.52 bits per heavy atom. The fourth-order valence-electron chi connectivity index (χ4n) is 2.47. The number of hydrogen-bond donors (Lipinski definition) is 1. The van der Waals surface area contributed by atoms with E-state index in [1.165, 1.54) is 6.92 Å². The van der Waals surface area contributed by atoms with Crippen LogP contribution < -0.4 is 5.32 Å². The standard InChI is InChI=1S/C17H18ClNO2/c1-11-8-9-15(13(3)20)17(18,10-11)19-16(21)14-7-5-4-6-12(14)2/h4-10,15H,1-3H3,(H,19,21). The summed E-state index contributed by atoms with van der Waals surface area (Å²) in [6.07, 6.45) is 5.30. The van der Waals surface area contributed by atoms with Crippen LogP contribution in [0.1, 0.15) is 29.8 Å². The van der Waals surface area contributed by atoms with Crippen molar-refractivity contribution < 1.29 is 9.59 Å². The lowest BCUT2D eigenvalue weighted by molar-refractivity contribution is -0.120. The fourth-order valence-corrected chi connectivity index (χ4v) is 2.96. The van der Waals surface area contributed by atoms with Crippen molar-refractivity contribution in [2.45, 2.75) is 25.8 Å². The molecule has 1 N–H and O–H groups in total. The number of carbonyl (C=O) groups excluding carboxylic acids is 2. The average molecular weight is 304 g/mol. The highest BCUT2D eigenvalue weighted by molar-refractivity contribution is 6.28. The fraction of sp³-hybridized carbons (Fsp3) is 0.294. The smallest absolute Gasteiger partial charge is 0.253 e. The molecule has 0 aliphatic heterocycles. The summed E-state index contributed by atoms with van der Waals surface area (Å²) in [6, 6.07) is 7.27. The topological polar surface area (TPSA) is 46.2 Å². The summed E-state index contributed by atoms with van der Waals surface area (Å²) >= 11 is 6.55. The molecule has 0 saturated carbocycles. The first-order chi connectivity index (χ1) is 9.83. The molecule has 3 nitrogen and oxygen atoms in total. The maximum absolute atomic E-state index is 12.5. The minimum Gasteiger partial charge on any atom is -0.329 e. The van der Waals surface area contributed by atoms with E-state index in [0.717, 1.165) is 11.1 Å².